The first-order chi connectivity index (χ1) is 11.2. The zero-order chi connectivity index (χ0) is 17.8. The van der Waals surface area contributed by atoms with Gasteiger partial charge in [-0.3, -0.25) is 0 Å². The summed E-state index contributed by atoms with van der Waals surface area (Å²) in [6, 6.07) is 8.39. The third-order valence-corrected chi connectivity index (χ3v) is 6.27. The summed E-state index contributed by atoms with van der Waals surface area (Å²) in [5.74, 6) is 0.118. The van der Waals surface area contributed by atoms with Gasteiger partial charge in [-0.2, -0.15) is 0 Å². The molecule has 0 saturated heterocycles. The fraction of sp³-hybridized carbons (Fsp3) is 0.333. The molecule has 2 rings (SSSR count). The number of sulfonamides is 2. The number of benzene rings is 1. The smallest absolute Gasteiger partial charge is 0.240 e. The van der Waals surface area contributed by atoms with E-state index in [0.717, 1.165) is 5.56 Å². The summed E-state index contributed by atoms with van der Waals surface area (Å²) in [6.45, 7) is 3.29. The van der Waals surface area contributed by atoms with Gasteiger partial charge in [-0.05, 0) is 43.2 Å². The molecule has 0 aliphatic carbocycles. The van der Waals surface area contributed by atoms with Crippen molar-refractivity contribution in [2.45, 2.75) is 25.3 Å². The van der Waals surface area contributed by atoms with Crippen molar-refractivity contribution in [2.75, 3.05) is 12.3 Å². The fourth-order valence-corrected chi connectivity index (χ4v) is 4.42. The number of aryl methyl sites for hydroxylation is 2. The van der Waals surface area contributed by atoms with Crippen LogP contribution in [0.5, 0.6) is 0 Å². The van der Waals surface area contributed by atoms with Gasteiger partial charge in [0.05, 0.1) is 23.5 Å². The molecule has 1 heterocycles. The van der Waals surface area contributed by atoms with E-state index in [4.69, 9.17) is 4.42 Å². The van der Waals surface area contributed by atoms with E-state index in [1.54, 1.807) is 38.1 Å². The second-order valence-electron chi connectivity index (χ2n) is 5.39. The van der Waals surface area contributed by atoms with Crippen molar-refractivity contribution in [1.82, 2.24) is 9.44 Å². The molecule has 2 aromatic rings. The summed E-state index contributed by atoms with van der Waals surface area (Å²) >= 11 is 0. The van der Waals surface area contributed by atoms with Gasteiger partial charge in [0.15, 0.2) is 0 Å². The molecule has 0 aliphatic rings. The van der Waals surface area contributed by atoms with Crippen LogP contribution in [0.3, 0.4) is 0 Å². The largest absolute Gasteiger partial charge is 0.468 e. The molecule has 0 saturated carbocycles. The van der Waals surface area contributed by atoms with E-state index in [0.29, 0.717) is 11.3 Å². The molecular weight excluding hydrogens is 352 g/mol. The van der Waals surface area contributed by atoms with Crippen LogP contribution in [0.4, 0.5) is 0 Å². The zero-order valence-corrected chi connectivity index (χ0v) is 15.1. The van der Waals surface area contributed by atoms with Crippen molar-refractivity contribution in [2.24, 2.45) is 0 Å². The van der Waals surface area contributed by atoms with Gasteiger partial charge < -0.3 is 4.42 Å². The van der Waals surface area contributed by atoms with Crippen LogP contribution in [-0.4, -0.2) is 29.1 Å². The van der Waals surface area contributed by atoms with Crippen LogP contribution >= 0.6 is 0 Å². The molecule has 0 aliphatic heterocycles. The van der Waals surface area contributed by atoms with Crippen LogP contribution in [0.15, 0.2) is 45.9 Å². The Morgan fingerprint density at radius 3 is 2.46 bits per heavy atom. The Kier molecular flexibility index (Phi) is 5.81. The zero-order valence-electron chi connectivity index (χ0n) is 13.4. The monoisotopic (exact) mass is 372 g/mol. The van der Waals surface area contributed by atoms with Gasteiger partial charge in [-0.15, -0.1) is 0 Å². The molecule has 132 valence electrons. The first kappa shape index (κ1) is 18.7. The van der Waals surface area contributed by atoms with Crippen molar-refractivity contribution in [3.8, 4) is 0 Å². The summed E-state index contributed by atoms with van der Waals surface area (Å²) < 4.78 is 58.1. The molecular formula is C15H20N2O5S2. The lowest BCUT2D eigenvalue weighted by Crippen LogP contribution is -2.34. The molecule has 1 aromatic heterocycles. The van der Waals surface area contributed by atoms with Crippen molar-refractivity contribution >= 4 is 20.0 Å². The number of furan rings is 1. The van der Waals surface area contributed by atoms with Crippen LogP contribution in [0.2, 0.25) is 0 Å². The van der Waals surface area contributed by atoms with Crippen LogP contribution in [0.1, 0.15) is 16.9 Å². The standard InChI is InChI=1S/C15H20N2O5S2/c1-12-5-6-13(2)15(10-12)24(20,21)16-7-9-23(18,19)17-11-14-4-3-8-22-14/h3-6,8,10,16-17H,7,9,11H2,1-2H3. The predicted molar refractivity (Wildman–Crippen MR) is 90.4 cm³/mol. The highest BCUT2D eigenvalue weighted by Gasteiger charge is 2.18. The fourth-order valence-electron chi connectivity index (χ4n) is 2.05. The van der Waals surface area contributed by atoms with Gasteiger partial charge in [-0.25, -0.2) is 26.3 Å². The molecule has 0 atom stereocenters. The van der Waals surface area contributed by atoms with Crippen LogP contribution in [0, 0.1) is 13.8 Å². The predicted octanol–water partition coefficient (Wildman–Crippen LogP) is 1.29. The maximum atomic E-state index is 12.3. The quantitative estimate of drug-likeness (QED) is 0.726. The van der Waals surface area contributed by atoms with Crippen molar-refractivity contribution in [3.63, 3.8) is 0 Å². The minimum absolute atomic E-state index is 0.0269. The molecule has 24 heavy (non-hydrogen) atoms. The SMILES string of the molecule is Cc1ccc(C)c(S(=O)(=O)NCCS(=O)(=O)NCc2ccco2)c1. The molecule has 0 radical (unpaired) electrons. The Hall–Kier alpha value is -1.68. The van der Waals surface area contributed by atoms with Gasteiger partial charge in [0, 0.05) is 6.54 Å². The van der Waals surface area contributed by atoms with Crippen molar-refractivity contribution < 1.29 is 21.3 Å². The number of hydrogen-bond donors (Lipinski definition) is 2. The Morgan fingerprint density at radius 2 is 1.79 bits per heavy atom. The molecule has 0 unspecified atom stereocenters. The molecule has 0 spiro atoms. The minimum Gasteiger partial charge on any atom is -0.468 e. The van der Waals surface area contributed by atoms with Crippen molar-refractivity contribution in [1.29, 1.82) is 0 Å². The molecule has 0 amide bonds. The molecule has 0 fully saturated rings. The molecule has 7 nitrogen and oxygen atoms in total. The van der Waals surface area contributed by atoms with Crippen LogP contribution in [0.25, 0.3) is 0 Å². The summed E-state index contributed by atoms with van der Waals surface area (Å²) in [6.07, 6.45) is 1.45. The van der Waals surface area contributed by atoms with E-state index in [2.05, 4.69) is 9.44 Å². The highest BCUT2D eigenvalue weighted by molar-refractivity contribution is 7.90. The lowest BCUT2D eigenvalue weighted by Gasteiger charge is -2.10. The van der Waals surface area contributed by atoms with Gasteiger partial charge in [-0.1, -0.05) is 12.1 Å². The maximum Gasteiger partial charge on any atom is 0.240 e. The van der Waals surface area contributed by atoms with Crippen molar-refractivity contribution in [3.05, 3.63) is 53.5 Å². The Labute approximate surface area is 142 Å². The number of rotatable bonds is 8. The summed E-state index contributed by atoms with van der Waals surface area (Å²) in [4.78, 5) is 0.156. The Morgan fingerprint density at radius 1 is 1.04 bits per heavy atom. The van der Waals surface area contributed by atoms with Crippen LogP contribution < -0.4 is 9.44 Å². The Balaban J connectivity index is 1.93. The van der Waals surface area contributed by atoms with Crippen LogP contribution in [-0.2, 0) is 26.6 Å². The van der Waals surface area contributed by atoms with E-state index in [9.17, 15) is 16.8 Å². The number of nitrogens with one attached hydrogen (secondary N) is 2. The third kappa shape index (κ3) is 5.17. The highest BCUT2D eigenvalue weighted by Crippen LogP contribution is 2.16. The molecule has 2 N–H and O–H groups in total. The maximum absolute atomic E-state index is 12.3. The minimum atomic E-state index is -3.75. The first-order valence-corrected chi connectivity index (χ1v) is 10.4. The summed E-state index contributed by atoms with van der Waals surface area (Å²) in [5, 5.41) is 0. The third-order valence-electron chi connectivity index (χ3n) is 3.34. The topological polar surface area (TPSA) is 105 Å². The van der Waals surface area contributed by atoms with E-state index in [-0.39, 0.29) is 23.7 Å². The second kappa shape index (κ2) is 7.47. The second-order valence-corrected chi connectivity index (χ2v) is 9.05. The van der Waals surface area contributed by atoms with Gasteiger partial charge in [0.1, 0.15) is 5.76 Å². The van der Waals surface area contributed by atoms with E-state index in [1.807, 2.05) is 6.07 Å². The van der Waals surface area contributed by atoms with E-state index in [1.165, 1.54) is 6.26 Å². The first-order valence-electron chi connectivity index (χ1n) is 7.26. The van der Waals surface area contributed by atoms with Gasteiger partial charge >= 0.3 is 0 Å². The lowest BCUT2D eigenvalue weighted by atomic mass is 10.2. The van der Waals surface area contributed by atoms with Gasteiger partial charge in [0.25, 0.3) is 0 Å². The molecule has 9 heteroatoms. The summed E-state index contributed by atoms with van der Waals surface area (Å²) in [5.41, 5.74) is 1.42. The summed E-state index contributed by atoms with van der Waals surface area (Å²) in [7, 11) is -7.37. The average molecular weight is 372 g/mol. The lowest BCUT2D eigenvalue weighted by molar-refractivity contribution is 0.498. The van der Waals surface area contributed by atoms with Gasteiger partial charge in [0.2, 0.25) is 20.0 Å². The van der Waals surface area contributed by atoms with E-state index < -0.39 is 20.0 Å². The molecule has 0 bridgehead atoms. The van der Waals surface area contributed by atoms with E-state index >= 15 is 0 Å². The molecule has 1 aromatic carbocycles. The highest BCUT2D eigenvalue weighted by atomic mass is 32.2. The normalized spacial score (nSPS) is 12.4. The average Bonchev–Trinajstić information content (AvgIpc) is 3.01. The number of hydrogen-bond acceptors (Lipinski definition) is 5. The Bertz CT molecular complexity index is 888.